The Hall–Kier alpha value is -1.71. The monoisotopic (exact) mass is 393 g/mol. The second-order valence-electron chi connectivity index (χ2n) is 8.01. The number of benzene rings is 1. The largest absolute Gasteiger partial charge is 0.492 e. The molecule has 0 aromatic heterocycles. The molecule has 4 rings (SSSR count). The normalized spacial score (nSPS) is 35.1. The molecule has 1 N–H and O–H groups in total. The summed E-state index contributed by atoms with van der Waals surface area (Å²) >= 11 is 0. The van der Waals surface area contributed by atoms with E-state index in [1.54, 1.807) is 39.8 Å². The van der Waals surface area contributed by atoms with E-state index in [1.807, 2.05) is 19.1 Å². The van der Waals surface area contributed by atoms with Crippen molar-refractivity contribution in [3.8, 4) is 5.75 Å². The van der Waals surface area contributed by atoms with Crippen LogP contribution in [0.1, 0.15) is 34.6 Å². The van der Waals surface area contributed by atoms with Crippen LogP contribution in [0.15, 0.2) is 24.3 Å². The summed E-state index contributed by atoms with van der Waals surface area (Å²) in [5.74, 6) is -1.45. The van der Waals surface area contributed by atoms with E-state index in [9.17, 15) is 4.79 Å². The van der Waals surface area contributed by atoms with Gasteiger partial charge in [-0.3, -0.25) is 4.79 Å². The highest BCUT2D eigenvalue weighted by Gasteiger charge is 2.62. The highest BCUT2D eigenvalue weighted by atomic mass is 16.9. The van der Waals surface area contributed by atoms with Gasteiger partial charge in [0.25, 0.3) is 5.91 Å². The zero-order valence-corrected chi connectivity index (χ0v) is 16.8. The van der Waals surface area contributed by atoms with Crippen LogP contribution in [0.2, 0.25) is 0 Å². The molecule has 154 valence electrons. The predicted octanol–water partition coefficient (Wildman–Crippen LogP) is 2.42. The number of rotatable bonds is 4. The van der Waals surface area contributed by atoms with Crippen molar-refractivity contribution in [2.45, 2.75) is 76.9 Å². The van der Waals surface area contributed by atoms with Gasteiger partial charge in [-0.15, -0.1) is 0 Å². The molecule has 3 saturated heterocycles. The summed E-state index contributed by atoms with van der Waals surface area (Å²) in [5.41, 5.74) is 0.568. The fourth-order valence-corrected chi connectivity index (χ4v) is 3.88. The summed E-state index contributed by atoms with van der Waals surface area (Å²) in [5, 5.41) is 2.88. The van der Waals surface area contributed by atoms with Crippen molar-refractivity contribution in [2.75, 3.05) is 11.9 Å². The van der Waals surface area contributed by atoms with E-state index in [0.29, 0.717) is 18.0 Å². The molecule has 0 aliphatic carbocycles. The third kappa shape index (κ3) is 3.62. The maximum atomic E-state index is 13.1. The number of hydrogen-bond donors (Lipinski definition) is 1. The van der Waals surface area contributed by atoms with Crippen molar-refractivity contribution in [2.24, 2.45) is 0 Å². The number of para-hydroxylation sites is 2. The van der Waals surface area contributed by atoms with Gasteiger partial charge in [-0.2, -0.15) is 0 Å². The van der Waals surface area contributed by atoms with E-state index >= 15 is 0 Å². The molecule has 3 aliphatic heterocycles. The van der Waals surface area contributed by atoms with Crippen LogP contribution in [-0.4, -0.2) is 54.8 Å². The Balaban J connectivity index is 1.57. The fraction of sp³-hybridized carbons (Fsp3) is 0.650. The van der Waals surface area contributed by atoms with Gasteiger partial charge in [0, 0.05) is 0 Å². The Morgan fingerprint density at radius 2 is 1.64 bits per heavy atom. The molecule has 0 radical (unpaired) electrons. The summed E-state index contributed by atoms with van der Waals surface area (Å²) in [6.45, 7) is 9.60. The summed E-state index contributed by atoms with van der Waals surface area (Å²) in [6.07, 6.45) is -3.20. The lowest BCUT2D eigenvalue weighted by Gasteiger charge is -2.36. The van der Waals surface area contributed by atoms with Gasteiger partial charge in [0.1, 0.15) is 24.1 Å². The maximum Gasteiger partial charge on any atom is 0.256 e. The van der Waals surface area contributed by atoms with Crippen LogP contribution < -0.4 is 10.1 Å². The highest BCUT2D eigenvalue weighted by molar-refractivity contribution is 5.96. The molecule has 1 aromatic rings. The second-order valence-corrected chi connectivity index (χ2v) is 8.01. The molecule has 3 heterocycles. The van der Waals surface area contributed by atoms with Crippen molar-refractivity contribution in [3.05, 3.63) is 24.3 Å². The van der Waals surface area contributed by atoms with E-state index in [4.69, 9.17) is 28.4 Å². The number of hydrogen-bond acceptors (Lipinski definition) is 7. The smallest absolute Gasteiger partial charge is 0.256 e. The van der Waals surface area contributed by atoms with Crippen LogP contribution in [-0.2, 0) is 28.5 Å². The average molecular weight is 393 g/mol. The van der Waals surface area contributed by atoms with Crippen molar-refractivity contribution in [3.63, 3.8) is 0 Å². The van der Waals surface area contributed by atoms with Crippen molar-refractivity contribution >= 4 is 11.6 Å². The van der Waals surface area contributed by atoms with Gasteiger partial charge in [-0.05, 0) is 46.8 Å². The van der Waals surface area contributed by atoms with Crippen LogP contribution in [0.5, 0.6) is 5.75 Å². The molecule has 5 atom stereocenters. The molecule has 8 heteroatoms. The minimum absolute atomic E-state index is 0.352. The number of fused-ring (bicyclic) bond motifs is 3. The zero-order chi connectivity index (χ0) is 20.1. The molecular weight excluding hydrogens is 366 g/mol. The average Bonchev–Trinajstić information content (AvgIpc) is 3.10. The summed E-state index contributed by atoms with van der Waals surface area (Å²) in [4.78, 5) is 13.1. The van der Waals surface area contributed by atoms with E-state index in [-0.39, 0.29) is 5.91 Å². The summed E-state index contributed by atoms with van der Waals surface area (Å²) < 4.78 is 35.4. The Kier molecular flexibility index (Phi) is 4.87. The number of amides is 1. The summed E-state index contributed by atoms with van der Waals surface area (Å²) in [7, 11) is 0. The number of carbonyl (C=O) groups is 1. The molecule has 0 spiro atoms. The van der Waals surface area contributed by atoms with Gasteiger partial charge in [0.15, 0.2) is 24.0 Å². The number of ether oxygens (including phenoxy) is 6. The van der Waals surface area contributed by atoms with Gasteiger partial charge >= 0.3 is 0 Å². The molecule has 1 aromatic carbocycles. The SMILES string of the molecule is CCOc1ccccc1NC(=O)[C@@H]1O[C@H]2OC(C)(C)O[C@@H]2[C@H]2OC(C)(C)O[C@H]21. The predicted molar refractivity (Wildman–Crippen MR) is 98.8 cm³/mol. The van der Waals surface area contributed by atoms with E-state index < -0.39 is 42.3 Å². The first-order valence-electron chi connectivity index (χ1n) is 9.58. The minimum Gasteiger partial charge on any atom is -0.492 e. The lowest BCUT2D eigenvalue weighted by molar-refractivity contribution is -0.229. The standard InChI is InChI=1S/C20H27NO7/c1-6-23-12-10-8-7-9-11(12)21-17(22)15-13-14(26-19(2,3)25-13)16-18(24-15)28-20(4,5)27-16/h7-10,13-16,18H,6H2,1-5H3,(H,21,22)/t13-,14+,15-,16-,18+/m1/s1. The third-order valence-corrected chi connectivity index (χ3v) is 4.86. The number of carbonyl (C=O) groups excluding carboxylic acids is 1. The quantitative estimate of drug-likeness (QED) is 0.841. The zero-order valence-electron chi connectivity index (χ0n) is 16.8. The topological polar surface area (TPSA) is 84.5 Å². The first-order valence-corrected chi connectivity index (χ1v) is 9.58. The second kappa shape index (κ2) is 6.96. The lowest BCUT2D eigenvalue weighted by Crippen LogP contribution is -2.58. The first kappa shape index (κ1) is 19.6. The van der Waals surface area contributed by atoms with Crippen molar-refractivity contribution < 1.29 is 33.2 Å². The molecular formula is C20H27NO7. The molecule has 0 bridgehead atoms. The van der Waals surface area contributed by atoms with Gasteiger partial charge in [-0.1, -0.05) is 12.1 Å². The van der Waals surface area contributed by atoms with E-state index in [2.05, 4.69) is 5.32 Å². The first-order chi connectivity index (χ1) is 13.2. The van der Waals surface area contributed by atoms with E-state index in [1.165, 1.54) is 0 Å². The van der Waals surface area contributed by atoms with Crippen molar-refractivity contribution in [1.29, 1.82) is 0 Å². The number of anilines is 1. The van der Waals surface area contributed by atoms with Crippen LogP contribution in [0, 0.1) is 0 Å². The van der Waals surface area contributed by atoms with Gasteiger partial charge < -0.3 is 33.7 Å². The molecule has 0 unspecified atom stereocenters. The Labute approximate surface area is 164 Å². The Bertz CT molecular complexity index is 750. The summed E-state index contributed by atoms with van der Waals surface area (Å²) in [6, 6.07) is 7.25. The lowest BCUT2D eigenvalue weighted by atomic mass is 9.98. The minimum atomic E-state index is -0.916. The molecule has 0 saturated carbocycles. The molecule has 1 amide bonds. The van der Waals surface area contributed by atoms with Crippen LogP contribution in [0.4, 0.5) is 5.69 Å². The molecule has 28 heavy (non-hydrogen) atoms. The highest BCUT2D eigenvalue weighted by Crippen LogP contribution is 2.44. The third-order valence-electron chi connectivity index (χ3n) is 4.86. The molecule has 3 fully saturated rings. The fourth-order valence-electron chi connectivity index (χ4n) is 3.88. The Morgan fingerprint density at radius 3 is 2.39 bits per heavy atom. The van der Waals surface area contributed by atoms with Crippen molar-refractivity contribution in [1.82, 2.24) is 0 Å². The van der Waals surface area contributed by atoms with Gasteiger partial charge in [0.2, 0.25) is 0 Å². The van der Waals surface area contributed by atoms with Gasteiger partial charge in [0.05, 0.1) is 12.3 Å². The van der Waals surface area contributed by atoms with Gasteiger partial charge in [-0.25, -0.2) is 0 Å². The van der Waals surface area contributed by atoms with Crippen LogP contribution in [0.3, 0.4) is 0 Å². The molecule has 3 aliphatic rings. The van der Waals surface area contributed by atoms with Crippen LogP contribution >= 0.6 is 0 Å². The number of nitrogens with one attached hydrogen (secondary N) is 1. The maximum absolute atomic E-state index is 13.1. The molecule has 8 nitrogen and oxygen atoms in total. The van der Waals surface area contributed by atoms with Crippen LogP contribution in [0.25, 0.3) is 0 Å². The van der Waals surface area contributed by atoms with E-state index in [0.717, 1.165) is 0 Å². The Morgan fingerprint density at radius 1 is 1.00 bits per heavy atom.